The van der Waals surface area contributed by atoms with Crippen molar-refractivity contribution in [2.45, 2.75) is 24.9 Å². The minimum absolute atomic E-state index is 0.00165. The van der Waals surface area contributed by atoms with Gasteiger partial charge in [-0.2, -0.15) is 0 Å². The molecular weight excluding hydrogens is 619 g/mol. The van der Waals surface area contributed by atoms with Gasteiger partial charge < -0.3 is 30.0 Å². The molecule has 0 radical (unpaired) electrons. The van der Waals surface area contributed by atoms with Crippen molar-refractivity contribution in [1.82, 2.24) is 9.13 Å². The van der Waals surface area contributed by atoms with E-state index >= 15 is 0 Å². The van der Waals surface area contributed by atoms with Crippen molar-refractivity contribution in [1.29, 1.82) is 0 Å². The Labute approximate surface area is 259 Å². The molecule has 3 aliphatic rings. The topological polar surface area (TPSA) is 164 Å². The number of carbonyl (C=O) groups is 2. The fourth-order valence-corrected chi connectivity index (χ4v) is 6.83. The molecule has 13 nitrogen and oxygen atoms in total. The van der Waals surface area contributed by atoms with E-state index in [2.05, 4.69) is 5.32 Å². The predicted molar refractivity (Wildman–Crippen MR) is 160 cm³/mol. The summed E-state index contributed by atoms with van der Waals surface area (Å²) in [6.45, 7) is 1.67. The highest BCUT2D eigenvalue weighted by Gasteiger charge is 2.63. The largest absolute Gasteiger partial charge is 0.733 e. The maximum absolute atomic E-state index is 14.9. The van der Waals surface area contributed by atoms with Gasteiger partial charge in [-0.25, -0.2) is 4.79 Å². The van der Waals surface area contributed by atoms with Gasteiger partial charge in [0.15, 0.2) is 5.75 Å². The van der Waals surface area contributed by atoms with Crippen LogP contribution in [0.3, 0.4) is 0 Å². The third kappa shape index (κ3) is 3.79. The maximum atomic E-state index is 14.9. The van der Waals surface area contributed by atoms with E-state index < -0.39 is 45.5 Å². The number of ketones is 2. The van der Waals surface area contributed by atoms with E-state index in [9.17, 15) is 29.6 Å². The zero-order chi connectivity index (χ0) is 32.0. The number of hydrogen-bond donors (Lipinski definition) is 2. The van der Waals surface area contributed by atoms with Crippen LogP contribution in [-0.2, 0) is 18.9 Å². The Morgan fingerprint density at radius 3 is 2.39 bits per heavy atom. The van der Waals surface area contributed by atoms with E-state index in [0.29, 0.717) is 5.70 Å². The summed E-state index contributed by atoms with van der Waals surface area (Å²) >= 11 is 12.7. The van der Waals surface area contributed by atoms with Crippen LogP contribution in [0.4, 0.5) is 11.5 Å². The Hall–Kier alpha value is -4.30. The van der Waals surface area contributed by atoms with Crippen molar-refractivity contribution in [3.63, 3.8) is 0 Å². The minimum atomic E-state index is -2.11. The quantitative estimate of drug-likeness (QED) is 0.315. The van der Waals surface area contributed by atoms with Crippen LogP contribution in [0.25, 0.3) is 0 Å². The summed E-state index contributed by atoms with van der Waals surface area (Å²) in [6.07, 6.45) is 0.0747. The average Bonchev–Trinajstić information content (AvgIpc) is 3.31. The van der Waals surface area contributed by atoms with Gasteiger partial charge in [-0.1, -0.05) is 36.2 Å². The number of halogens is 2. The third-order valence-electron chi connectivity index (χ3n) is 8.59. The first-order valence-electron chi connectivity index (χ1n) is 13.3. The number of allylic oxidation sites excluding steroid dienone is 1. The van der Waals surface area contributed by atoms with Gasteiger partial charge in [-0.05, 0) is 24.1 Å². The summed E-state index contributed by atoms with van der Waals surface area (Å²) in [5, 5.41) is 24.2. The van der Waals surface area contributed by atoms with Crippen molar-refractivity contribution < 1.29 is 29.0 Å². The van der Waals surface area contributed by atoms with Gasteiger partial charge in [0.05, 0.1) is 30.5 Å². The maximum Gasteiger partial charge on any atom is 0.332 e. The highest BCUT2D eigenvalue weighted by Crippen LogP contribution is 2.56. The van der Waals surface area contributed by atoms with Crippen LogP contribution >= 0.6 is 23.2 Å². The smallest absolute Gasteiger partial charge is 0.332 e. The average molecular weight is 644 g/mol. The summed E-state index contributed by atoms with van der Waals surface area (Å²) in [4.78, 5) is 55.8. The Balaban J connectivity index is 1.63. The van der Waals surface area contributed by atoms with Crippen molar-refractivity contribution in [3.8, 4) is 17.2 Å². The number of rotatable bonds is 4. The Bertz CT molecular complexity index is 1970. The fraction of sp³-hybridized carbons (Fsp3) is 0.310. The number of hydrogen-bond acceptors (Lipinski definition) is 11. The highest BCUT2D eigenvalue weighted by atomic mass is 35.5. The lowest BCUT2D eigenvalue weighted by Crippen LogP contribution is -2.58. The molecule has 0 bridgehead atoms. The number of aromatic nitrogens is 2. The summed E-state index contributed by atoms with van der Waals surface area (Å²) in [6, 6.07) is 5.48. The zero-order valence-electron chi connectivity index (χ0n) is 24.0. The Kier molecular flexibility index (Phi) is 6.85. The SMILES string of the molecule is COc1cc(OC)c2c(c1Cl)OC1(C(=O)C3=C(CC1C)Nc1c(c(=O)n(C)c(=O)n1C)C3c1ccc(Cl)c(N([O-])O)c1)C2=O. The van der Waals surface area contributed by atoms with E-state index in [4.69, 9.17) is 37.4 Å². The first-order valence-corrected chi connectivity index (χ1v) is 14.0. The van der Waals surface area contributed by atoms with Crippen LogP contribution < -0.4 is 36.0 Å². The fourth-order valence-electron chi connectivity index (χ4n) is 6.38. The second-order valence-electron chi connectivity index (χ2n) is 10.8. The van der Waals surface area contributed by atoms with E-state index in [1.54, 1.807) is 6.92 Å². The molecule has 44 heavy (non-hydrogen) atoms. The first kappa shape index (κ1) is 29.8. The van der Waals surface area contributed by atoms with Crippen molar-refractivity contribution in [3.05, 3.63) is 88.3 Å². The predicted octanol–water partition coefficient (Wildman–Crippen LogP) is 3.54. The number of ether oxygens (including phenoxy) is 3. The molecular formula is C29H25Cl2N4O9-. The lowest BCUT2D eigenvalue weighted by molar-refractivity contribution is -0.130. The van der Waals surface area contributed by atoms with E-state index in [-0.39, 0.29) is 67.5 Å². The monoisotopic (exact) mass is 643 g/mol. The number of Topliss-reactive ketones (excluding diaryl/α,β-unsaturated/α-hetero) is 2. The van der Waals surface area contributed by atoms with E-state index in [1.807, 2.05) is 0 Å². The molecule has 3 heterocycles. The number of carbonyl (C=O) groups excluding carboxylic acids is 2. The second kappa shape index (κ2) is 10.1. The molecule has 1 aromatic heterocycles. The molecule has 1 spiro atoms. The van der Waals surface area contributed by atoms with Gasteiger partial charge >= 0.3 is 5.69 Å². The molecule has 0 saturated heterocycles. The Morgan fingerprint density at radius 2 is 1.75 bits per heavy atom. The number of anilines is 2. The zero-order valence-corrected chi connectivity index (χ0v) is 25.5. The molecule has 2 aliphatic heterocycles. The molecule has 0 amide bonds. The first-order chi connectivity index (χ1) is 20.8. The van der Waals surface area contributed by atoms with Gasteiger partial charge in [-0.3, -0.25) is 28.7 Å². The molecule has 1 aliphatic carbocycles. The molecule has 0 fully saturated rings. The Morgan fingerprint density at radius 1 is 1.07 bits per heavy atom. The van der Waals surface area contributed by atoms with Crippen molar-refractivity contribution >= 4 is 46.3 Å². The summed E-state index contributed by atoms with van der Waals surface area (Å²) < 4.78 is 19.2. The number of nitrogens with zero attached hydrogens (tertiary/aromatic N) is 3. The molecule has 15 heteroatoms. The molecule has 3 atom stereocenters. The molecule has 3 unspecified atom stereocenters. The molecule has 230 valence electrons. The van der Waals surface area contributed by atoms with Crippen LogP contribution in [0, 0.1) is 11.1 Å². The molecule has 2 aromatic carbocycles. The molecule has 6 rings (SSSR count). The minimum Gasteiger partial charge on any atom is -0.733 e. The summed E-state index contributed by atoms with van der Waals surface area (Å²) in [5.41, 5.74) is -3.27. The van der Waals surface area contributed by atoms with Crippen LogP contribution in [0.5, 0.6) is 17.2 Å². The molecule has 0 saturated carbocycles. The van der Waals surface area contributed by atoms with E-state index in [1.165, 1.54) is 57.1 Å². The van der Waals surface area contributed by atoms with Gasteiger partial charge in [-0.15, -0.1) is 0 Å². The van der Waals surface area contributed by atoms with Gasteiger partial charge in [0.2, 0.25) is 17.2 Å². The van der Waals surface area contributed by atoms with E-state index in [0.717, 1.165) is 4.57 Å². The lowest BCUT2D eigenvalue weighted by Gasteiger charge is -2.42. The number of benzene rings is 2. The van der Waals surface area contributed by atoms with Crippen LogP contribution in [-0.4, -0.2) is 45.7 Å². The highest BCUT2D eigenvalue weighted by molar-refractivity contribution is 6.36. The lowest BCUT2D eigenvalue weighted by atomic mass is 9.66. The number of nitrogens with one attached hydrogen (secondary N) is 1. The number of fused-ring (bicyclic) bond motifs is 2. The molecule has 3 aromatic rings. The second-order valence-corrected chi connectivity index (χ2v) is 11.6. The van der Waals surface area contributed by atoms with Gasteiger partial charge in [0.25, 0.3) is 5.56 Å². The van der Waals surface area contributed by atoms with Crippen molar-refractivity contribution in [2.24, 2.45) is 20.0 Å². The summed E-state index contributed by atoms with van der Waals surface area (Å²) in [7, 11) is 5.49. The van der Waals surface area contributed by atoms with Crippen LogP contribution in [0.15, 0.2) is 45.1 Å². The molecule has 2 N–H and O–H groups in total. The summed E-state index contributed by atoms with van der Waals surface area (Å²) in [5.74, 6) is -3.12. The van der Waals surface area contributed by atoms with Gasteiger partial charge in [0, 0.05) is 43.3 Å². The van der Waals surface area contributed by atoms with Crippen LogP contribution in [0.2, 0.25) is 10.0 Å². The van der Waals surface area contributed by atoms with Crippen LogP contribution in [0.1, 0.15) is 40.7 Å². The standard InChI is InChI=1S/C29H25Cl2N4O9/c1-11-8-14-19(24(36)29(11)25(37)20-16(42-4)10-17(43-5)22(31)23(20)44-29)18(12-6-7-13(30)15(9-12)35(40)41)21-26(32-14)33(2)28(39)34(3)27(21)38/h6-7,9-11,18,32,40H,8H2,1-5H3/q-1. The normalized spacial score (nSPS) is 21.8. The van der Waals surface area contributed by atoms with Gasteiger partial charge in [0.1, 0.15) is 27.9 Å². The third-order valence-corrected chi connectivity index (χ3v) is 9.26. The van der Waals surface area contributed by atoms with Crippen molar-refractivity contribution in [2.75, 3.05) is 24.8 Å². The number of methoxy groups -OCH3 is 2.